The Balaban J connectivity index is 1.12. The Labute approximate surface area is 352 Å². The molecule has 6 nitrogen and oxygen atoms in total. The number of hydrogen-bond acceptors (Lipinski definition) is 3. The van der Waals surface area contributed by atoms with Gasteiger partial charge in [-0.25, -0.2) is 15.0 Å². The molecule has 6 heteroatoms. The summed E-state index contributed by atoms with van der Waals surface area (Å²) >= 11 is 0. The summed E-state index contributed by atoms with van der Waals surface area (Å²) < 4.78 is 7.14. The van der Waals surface area contributed by atoms with Crippen molar-refractivity contribution >= 4 is 65.4 Å². The van der Waals surface area contributed by atoms with Crippen molar-refractivity contribution in [1.82, 2.24) is 28.7 Å². The van der Waals surface area contributed by atoms with Crippen molar-refractivity contribution in [3.63, 3.8) is 0 Å². The van der Waals surface area contributed by atoms with E-state index in [0.717, 1.165) is 61.6 Å². The van der Waals surface area contributed by atoms with Gasteiger partial charge < -0.3 is 13.7 Å². The van der Waals surface area contributed by atoms with Gasteiger partial charge in [0, 0.05) is 54.5 Å². The highest BCUT2D eigenvalue weighted by Gasteiger charge is 2.26. The Bertz CT molecular complexity index is 3640. The van der Waals surface area contributed by atoms with Crippen molar-refractivity contribution in [2.24, 2.45) is 0 Å². The standard InChI is InChI=1S/C55H40N6/c1-55(2,3)54-57-52(40-25-11-17-31-48(40)60-45-28-14-7-21-36(45)37-22-8-15-29-46(37)60)56-53(58-54)41-26-12-18-32-49(41)61-47-30-16-10-24-39(47)43-33-42-38-23-9-13-27-44(38)59(50(42)34-51(43)61)35-19-5-4-6-20-35/h4-34H,1-3H3. The Morgan fingerprint density at radius 1 is 0.328 bits per heavy atom. The van der Waals surface area contributed by atoms with Crippen LogP contribution in [-0.2, 0) is 5.41 Å². The molecule has 0 atom stereocenters. The predicted molar refractivity (Wildman–Crippen MR) is 252 cm³/mol. The van der Waals surface area contributed by atoms with E-state index in [2.05, 4.69) is 223 Å². The Morgan fingerprint density at radius 3 is 1.20 bits per heavy atom. The fourth-order valence-electron chi connectivity index (χ4n) is 9.40. The van der Waals surface area contributed by atoms with Crippen LogP contribution < -0.4 is 0 Å². The molecule has 0 radical (unpaired) electrons. The first kappa shape index (κ1) is 35.1. The molecule has 12 aromatic rings. The topological polar surface area (TPSA) is 53.5 Å². The van der Waals surface area contributed by atoms with Gasteiger partial charge in [-0.05, 0) is 72.8 Å². The third-order valence-electron chi connectivity index (χ3n) is 12.1. The number of aromatic nitrogens is 6. The predicted octanol–water partition coefficient (Wildman–Crippen LogP) is 13.8. The van der Waals surface area contributed by atoms with E-state index in [9.17, 15) is 0 Å². The Morgan fingerprint density at radius 2 is 0.705 bits per heavy atom. The van der Waals surface area contributed by atoms with Gasteiger partial charge in [-0.1, -0.05) is 136 Å². The van der Waals surface area contributed by atoms with Crippen LogP contribution in [0.1, 0.15) is 26.6 Å². The third-order valence-corrected chi connectivity index (χ3v) is 12.1. The van der Waals surface area contributed by atoms with Crippen molar-refractivity contribution in [3.05, 3.63) is 194 Å². The molecule has 0 amide bonds. The van der Waals surface area contributed by atoms with E-state index < -0.39 is 0 Å². The van der Waals surface area contributed by atoms with Gasteiger partial charge in [-0.3, -0.25) is 0 Å². The van der Waals surface area contributed by atoms with Crippen molar-refractivity contribution in [3.8, 4) is 39.8 Å². The first-order valence-corrected chi connectivity index (χ1v) is 20.9. The van der Waals surface area contributed by atoms with Crippen molar-refractivity contribution < 1.29 is 0 Å². The summed E-state index contributed by atoms with van der Waals surface area (Å²) in [6.07, 6.45) is 0. The largest absolute Gasteiger partial charge is 0.309 e. The van der Waals surface area contributed by atoms with Gasteiger partial charge in [0.2, 0.25) is 0 Å². The number of fused-ring (bicyclic) bond motifs is 9. The van der Waals surface area contributed by atoms with E-state index in [-0.39, 0.29) is 5.41 Å². The average molecular weight is 785 g/mol. The summed E-state index contributed by atoms with van der Waals surface area (Å²) in [4.78, 5) is 16.0. The zero-order valence-electron chi connectivity index (χ0n) is 34.1. The minimum absolute atomic E-state index is 0.355. The lowest BCUT2D eigenvalue weighted by Crippen LogP contribution is -2.18. The van der Waals surface area contributed by atoms with Gasteiger partial charge in [-0.15, -0.1) is 0 Å². The van der Waals surface area contributed by atoms with Crippen molar-refractivity contribution in [1.29, 1.82) is 0 Å². The van der Waals surface area contributed by atoms with Crippen molar-refractivity contribution in [2.45, 2.75) is 26.2 Å². The molecule has 0 bridgehead atoms. The van der Waals surface area contributed by atoms with Crippen LogP contribution in [0.5, 0.6) is 0 Å². The number of nitrogens with zero attached hydrogens (tertiary/aromatic N) is 6. The second-order valence-corrected chi connectivity index (χ2v) is 16.9. The Kier molecular flexibility index (Phi) is 7.69. The molecule has 61 heavy (non-hydrogen) atoms. The molecule has 0 spiro atoms. The van der Waals surface area contributed by atoms with Gasteiger partial charge in [-0.2, -0.15) is 0 Å². The molecule has 4 heterocycles. The number of hydrogen-bond donors (Lipinski definition) is 0. The normalized spacial score (nSPS) is 12.2. The summed E-state index contributed by atoms with van der Waals surface area (Å²) in [5.41, 5.74) is 11.5. The fraction of sp³-hybridized carbons (Fsp3) is 0.0727. The highest BCUT2D eigenvalue weighted by atomic mass is 15.1. The highest BCUT2D eigenvalue weighted by molar-refractivity contribution is 6.19. The summed E-state index contributed by atoms with van der Waals surface area (Å²) in [5, 5.41) is 7.26. The molecule has 0 aliphatic carbocycles. The van der Waals surface area contributed by atoms with Gasteiger partial charge in [0.05, 0.1) is 44.5 Å². The minimum atomic E-state index is -0.355. The third kappa shape index (κ3) is 5.38. The summed E-state index contributed by atoms with van der Waals surface area (Å²) in [5.74, 6) is 2.00. The lowest BCUT2D eigenvalue weighted by atomic mass is 9.95. The smallest absolute Gasteiger partial charge is 0.165 e. The molecule has 4 aromatic heterocycles. The number of benzene rings is 8. The molecule has 12 rings (SSSR count). The first-order valence-electron chi connectivity index (χ1n) is 20.9. The van der Waals surface area contributed by atoms with Crippen LogP contribution in [0.4, 0.5) is 0 Å². The Hall–Kier alpha value is -7.83. The van der Waals surface area contributed by atoms with E-state index in [4.69, 9.17) is 15.0 Å². The van der Waals surface area contributed by atoms with E-state index >= 15 is 0 Å². The van der Waals surface area contributed by atoms with E-state index in [1.165, 1.54) is 37.8 Å². The average Bonchev–Trinajstić information content (AvgIpc) is 3.93. The molecule has 0 unspecified atom stereocenters. The number of rotatable bonds is 5. The van der Waals surface area contributed by atoms with E-state index in [1.54, 1.807) is 0 Å². The molecule has 8 aromatic carbocycles. The zero-order chi connectivity index (χ0) is 40.8. The van der Waals surface area contributed by atoms with Crippen LogP contribution in [0.3, 0.4) is 0 Å². The molecular weight excluding hydrogens is 745 g/mol. The number of para-hydroxylation sites is 7. The monoisotopic (exact) mass is 784 g/mol. The zero-order valence-corrected chi connectivity index (χ0v) is 34.1. The lowest BCUT2D eigenvalue weighted by molar-refractivity contribution is 0.543. The van der Waals surface area contributed by atoms with Crippen molar-refractivity contribution in [2.75, 3.05) is 0 Å². The molecule has 0 aliphatic heterocycles. The maximum absolute atomic E-state index is 5.43. The second-order valence-electron chi connectivity index (χ2n) is 16.9. The van der Waals surface area contributed by atoms with Crippen LogP contribution >= 0.6 is 0 Å². The lowest BCUT2D eigenvalue weighted by Gasteiger charge is -2.20. The van der Waals surface area contributed by atoms with Crippen LogP contribution in [0.15, 0.2) is 188 Å². The van der Waals surface area contributed by atoms with Crippen LogP contribution in [0, 0.1) is 0 Å². The molecule has 290 valence electrons. The maximum Gasteiger partial charge on any atom is 0.165 e. The van der Waals surface area contributed by atoms with E-state index in [1.807, 2.05) is 0 Å². The minimum Gasteiger partial charge on any atom is -0.309 e. The summed E-state index contributed by atoms with van der Waals surface area (Å²) in [6, 6.07) is 67.1. The van der Waals surface area contributed by atoms with Gasteiger partial charge in [0.15, 0.2) is 11.6 Å². The molecular formula is C55H40N6. The quantitative estimate of drug-likeness (QED) is 0.175. The van der Waals surface area contributed by atoms with Gasteiger partial charge in [0.1, 0.15) is 5.82 Å². The van der Waals surface area contributed by atoms with Crippen LogP contribution in [0.2, 0.25) is 0 Å². The van der Waals surface area contributed by atoms with Gasteiger partial charge in [0.25, 0.3) is 0 Å². The SMILES string of the molecule is CC(C)(C)c1nc(-c2ccccc2-n2c3ccccc3c3ccccc32)nc(-c2ccccc2-n2c3ccccc3c3cc4c5ccccc5n(-c5ccccc5)c4cc32)n1. The second kappa shape index (κ2) is 13.3. The van der Waals surface area contributed by atoms with Crippen LogP contribution in [0.25, 0.3) is 105 Å². The molecule has 0 aliphatic rings. The van der Waals surface area contributed by atoms with Crippen LogP contribution in [-0.4, -0.2) is 28.7 Å². The molecule has 0 saturated heterocycles. The molecule has 0 N–H and O–H groups in total. The first-order chi connectivity index (χ1) is 29.9. The molecule has 0 saturated carbocycles. The molecule has 0 fully saturated rings. The fourth-order valence-corrected chi connectivity index (χ4v) is 9.40. The summed E-state index contributed by atoms with van der Waals surface area (Å²) in [7, 11) is 0. The van der Waals surface area contributed by atoms with Gasteiger partial charge >= 0.3 is 0 Å². The summed E-state index contributed by atoms with van der Waals surface area (Å²) in [6.45, 7) is 6.51. The maximum atomic E-state index is 5.43. The van der Waals surface area contributed by atoms with E-state index in [0.29, 0.717) is 11.6 Å². The highest BCUT2D eigenvalue weighted by Crippen LogP contribution is 2.42.